The number of nitriles is 1. The van der Waals surface area contributed by atoms with Crippen molar-refractivity contribution in [1.82, 2.24) is 9.61 Å². The van der Waals surface area contributed by atoms with Gasteiger partial charge in [0.25, 0.3) is 0 Å². The Morgan fingerprint density at radius 2 is 1.86 bits per heavy atom. The Balaban J connectivity index is 1.56. The molecule has 256 valence electrons. The van der Waals surface area contributed by atoms with Crippen molar-refractivity contribution in [3.63, 3.8) is 0 Å². The molecule has 0 spiro atoms. The van der Waals surface area contributed by atoms with Crippen LogP contribution < -0.4 is 9.64 Å². The fourth-order valence-corrected chi connectivity index (χ4v) is 6.73. The lowest BCUT2D eigenvalue weighted by Crippen LogP contribution is -2.45. The number of ether oxygens (including phenoxy) is 4. The van der Waals surface area contributed by atoms with E-state index in [-0.39, 0.29) is 11.7 Å². The summed E-state index contributed by atoms with van der Waals surface area (Å²) < 4.78 is 26.6. The Hall–Kier alpha value is -4.65. The Labute approximate surface area is 289 Å². The molecule has 2 aromatic heterocycles. The summed E-state index contributed by atoms with van der Waals surface area (Å²) in [5, 5.41) is 14.8. The molecular weight excluding hydrogens is 616 g/mol. The second kappa shape index (κ2) is 13.7. The van der Waals surface area contributed by atoms with Gasteiger partial charge < -0.3 is 23.8 Å². The van der Waals surface area contributed by atoms with Gasteiger partial charge in [0.2, 0.25) is 0 Å². The number of pyridine rings is 1. The van der Waals surface area contributed by atoms with Crippen molar-refractivity contribution in [2.24, 2.45) is 0 Å². The Morgan fingerprint density at radius 3 is 2.57 bits per heavy atom. The summed E-state index contributed by atoms with van der Waals surface area (Å²) in [6.45, 7) is 14.0. The predicted octanol–water partition coefficient (Wildman–Crippen LogP) is 7.98. The number of methoxy groups -OCH3 is 1. The van der Waals surface area contributed by atoms with Crippen LogP contribution >= 0.6 is 0 Å². The van der Waals surface area contributed by atoms with Crippen molar-refractivity contribution in [1.29, 1.82) is 5.26 Å². The second-order valence-electron chi connectivity index (χ2n) is 14.4. The van der Waals surface area contributed by atoms with Crippen LogP contribution in [0.1, 0.15) is 76.7 Å². The van der Waals surface area contributed by atoms with Crippen LogP contribution in [0.4, 0.5) is 5.69 Å². The van der Waals surface area contributed by atoms with E-state index >= 15 is 0 Å². The highest BCUT2D eigenvalue weighted by atomic mass is 16.6. The standard InChI is InChI=1S/C40H46N4O5/c1-26-25-44-33-23-32(42-44)30-13-10-12-29(22-30)31-21-28(24-41)14-15-34(31)48-27(2)11-8-9-20-47-40(6)16-18-43(19-17-40)36(33)35(26)37(38(45)46-7)49-39(3,4)5/h8-10,12-15,21-23,25,27,37H,11,16-20H2,1-7H3/b9-8+/t27-,37-/m0/s1. The molecule has 3 aliphatic rings. The molecule has 5 heterocycles. The first-order valence-electron chi connectivity index (χ1n) is 17.0. The molecule has 9 nitrogen and oxygen atoms in total. The molecule has 3 aliphatic heterocycles. The van der Waals surface area contributed by atoms with Gasteiger partial charge >= 0.3 is 5.97 Å². The van der Waals surface area contributed by atoms with Crippen LogP contribution in [0.5, 0.6) is 5.75 Å². The second-order valence-corrected chi connectivity index (χ2v) is 14.4. The molecule has 4 aromatic rings. The van der Waals surface area contributed by atoms with Crippen molar-refractivity contribution in [2.45, 2.75) is 84.2 Å². The van der Waals surface area contributed by atoms with Gasteiger partial charge in [-0.1, -0.05) is 30.4 Å². The summed E-state index contributed by atoms with van der Waals surface area (Å²) in [7, 11) is 1.40. The highest BCUT2D eigenvalue weighted by molar-refractivity contribution is 5.88. The van der Waals surface area contributed by atoms with Gasteiger partial charge in [-0.3, -0.25) is 0 Å². The fraction of sp³-hybridized carbons (Fsp3) is 0.425. The normalized spacial score (nSPS) is 21.0. The van der Waals surface area contributed by atoms with Crippen molar-refractivity contribution in [3.05, 3.63) is 83.6 Å². The third-order valence-electron chi connectivity index (χ3n) is 9.33. The number of aromatic nitrogens is 2. The summed E-state index contributed by atoms with van der Waals surface area (Å²) in [4.78, 5) is 15.8. The first-order valence-corrected chi connectivity index (χ1v) is 17.0. The maximum absolute atomic E-state index is 13.4. The molecule has 6 bridgehead atoms. The third-order valence-corrected chi connectivity index (χ3v) is 9.33. The van der Waals surface area contributed by atoms with Crippen molar-refractivity contribution in [3.8, 4) is 34.2 Å². The highest BCUT2D eigenvalue weighted by Crippen LogP contribution is 2.42. The fourth-order valence-electron chi connectivity index (χ4n) is 6.73. The minimum atomic E-state index is -0.930. The van der Waals surface area contributed by atoms with Crippen molar-refractivity contribution < 1.29 is 23.7 Å². The van der Waals surface area contributed by atoms with Gasteiger partial charge in [-0.2, -0.15) is 10.4 Å². The van der Waals surface area contributed by atoms with E-state index in [4.69, 9.17) is 24.0 Å². The molecule has 2 atom stereocenters. The number of carbonyl (C=O) groups excluding carboxylic acids is 1. The molecule has 0 unspecified atom stereocenters. The highest BCUT2D eigenvalue weighted by Gasteiger charge is 2.37. The summed E-state index contributed by atoms with van der Waals surface area (Å²) >= 11 is 0. The number of benzene rings is 2. The van der Waals surface area contributed by atoms with Gasteiger partial charge in [-0.15, -0.1) is 0 Å². The van der Waals surface area contributed by atoms with Crippen molar-refractivity contribution in [2.75, 3.05) is 31.7 Å². The van der Waals surface area contributed by atoms with Crippen LogP contribution in [-0.4, -0.2) is 59.7 Å². The summed E-state index contributed by atoms with van der Waals surface area (Å²) in [5.74, 6) is 0.270. The van der Waals surface area contributed by atoms with Gasteiger partial charge in [-0.05, 0) is 95.8 Å². The summed E-state index contributed by atoms with van der Waals surface area (Å²) in [6.07, 6.45) is 7.47. The zero-order chi connectivity index (χ0) is 34.9. The molecule has 0 N–H and O–H groups in total. The predicted molar refractivity (Wildman–Crippen MR) is 191 cm³/mol. The summed E-state index contributed by atoms with van der Waals surface area (Å²) in [6, 6.07) is 18.1. The van der Waals surface area contributed by atoms with E-state index in [9.17, 15) is 10.1 Å². The molecule has 9 heteroatoms. The van der Waals surface area contributed by atoms with Gasteiger partial charge in [0, 0.05) is 42.4 Å². The molecule has 0 aliphatic carbocycles. The van der Waals surface area contributed by atoms with E-state index in [0.717, 1.165) is 77.1 Å². The van der Waals surface area contributed by atoms with E-state index < -0.39 is 17.7 Å². The van der Waals surface area contributed by atoms with Crippen LogP contribution in [0.25, 0.3) is 27.9 Å². The molecule has 0 amide bonds. The zero-order valence-corrected chi connectivity index (χ0v) is 29.6. The van der Waals surface area contributed by atoms with E-state index in [0.29, 0.717) is 17.9 Å². The number of esters is 1. The Kier molecular flexibility index (Phi) is 9.56. The number of fused-ring (bicyclic) bond motifs is 7. The molecule has 7 rings (SSSR count). The quantitative estimate of drug-likeness (QED) is 0.161. The van der Waals surface area contributed by atoms with E-state index in [2.05, 4.69) is 49.1 Å². The van der Waals surface area contributed by atoms with Gasteiger partial charge in [-0.25, -0.2) is 9.31 Å². The van der Waals surface area contributed by atoms with Gasteiger partial charge in [0.05, 0.1) is 59.6 Å². The van der Waals surface area contributed by atoms with E-state index in [1.807, 2.05) is 68.7 Å². The zero-order valence-electron chi connectivity index (χ0n) is 29.6. The smallest absolute Gasteiger partial charge is 0.339 e. The Morgan fingerprint density at radius 1 is 1.10 bits per heavy atom. The third kappa shape index (κ3) is 7.36. The number of carbonyl (C=O) groups is 1. The topological polar surface area (TPSA) is 98.3 Å². The minimum Gasteiger partial charge on any atom is -0.490 e. The van der Waals surface area contributed by atoms with Crippen LogP contribution in [-0.2, 0) is 19.0 Å². The number of aryl methyl sites for hydroxylation is 1. The maximum Gasteiger partial charge on any atom is 0.339 e. The molecule has 0 radical (unpaired) electrons. The Bertz CT molecular complexity index is 1920. The number of anilines is 1. The van der Waals surface area contributed by atoms with Crippen LogP contribution in [0.2, 0.25) is 0 Å². The molecule has 49 heavy (non-hydrogen) atoms. The lowest BCUT2D eigenvalue weighted by Gasteiger charge is -2.41. The largest absolute Gasteiger partial charge is 0.490 e. The first kappa shape index (κ1) is 34.2. The molecule has 0 saturated carbocycles. The first-order chi connectivity index (χ1) is 23.4. The summed E-state index contributed by atoms with van der Waals surface area (Å²) in [5.41, 5.74) is 6.57. The number of nitrogens with zero attached hydrogens (tertiary/aromatic N) is 4. The van der Waals surface area contributed by atoms with Crippen LogP contribution in [0, 0.1) is 18.3 Å². The molecule has 1 fully saturated rings. The SMILES string of the molecule is COC(=O)[C@@H](OC(C)(C)C)c1c(C)cn2nc3cc2c1N1CCC(C)(CC1)OC/C=C/C[C@H](C)Oc1ccc(C#N)cc1-c1cccc-3c1. The van der Waals surface area contributed by atoms with Crippen LogP contribution in [0.3, 0.4) is 0 Å². The molecular formula is C40H46N4O5. The number of piperidine rings is 1. The molecule has 2 aromatic carbocycles. The van der Waals surface area contributed by atoms with Gasteiger partial charge in [0.15, 0.2) is 6.10 Å². The number of rotatable bonds is 3. The van der Waals surface area contributed by atoms with Gasteiger partial charge in [0.1, 0.15) is 5.75 Å². The van der Waals surface area contributed by atoms with E-state index in [1.165, 1.54) is 7.11 Å². The van der Waals surface area contributed by atoms with Crippen molar-refractivity contribution >= 4 is 17.2 Å². The van der Waals surface area contributed by atoms with Crippen LogP contribution in [0.15, 0.2) is 66.9 Å². The number of hydrogen-bond donors (Lipinski definition) is 0. The minimum absolute atomic E-state index is 0.0825. The lowest BCUT2D eigenvalue weighted by atomic mass is 9.91. The average molecular weight is 663 g/mol. The maximum atomic E-state index is 13.4. The van der Waals surface area contributed by atoms with E-state index in [1.54, 1.807) is 6.07 Å². The molecule has 1 saturated heterocycles. The lowest BCUT2D eigenvalue weighted by molar-refractivity contribution is -0.164. The average Bonchev–Trinajstić information content (AvgIpc) is 3.50. The monoisotopic (exact) mass is 662 g/mol. The number of hydrogen-bond acceptors (Lipinski definition) is 8.